The van der Waals surface area contributed by atoms with E-state index in [0.29, 0.717) is 11.3 Å². The van der Waals surface area contributed by atoms with Crippen LogP contribution < -0.4 is 11.1 Å². The van der Waals surface area contributed by atoms with Gasteiger partial charge >= 0.3 is 0 Å². The van der Waals surface area contributed by atoms with E-state index in [-0.39, 0.29) is 17.1 Å². The van der Waals surface area contributed by atoms with E-state index in [1.165, 1.54) is 6.92 Å². The standard InChI is InChI=1S/C14H20N2O2/c1-9(17)10-5-7-11(8-6-10)16-13(18)12(15)14(2,3)4/h5-8,12H,15H2,1-4H3,(H,16,18)/t12-/m0/s1. The molecule has 0 bridgehead atoms. The van der Waals surface area contributed by atoms with Gasteiger partial charge in [0.15, 0.2) is 5.78 Å². The summed E-state index contributed by atoms with van der Waals surface area (Å²) in [4.78, 5) is 23.0. The zero-order valence-electron chi connectivity index (χ0n) is 11.3. The fourth-order valence-electron chi connectivity index (χ4n) is 1.40. The van der Waals surface area contributed by atoms with E-state index >= 15 is 0 Å². The lowest BCUT2D eigenvalue weighted by molar-refractivity contribution is -0.119. The number of hydrogen-bond acceptors (Lipinski definition) is 3. The molecule has 0 heterocycles. The maximum Gasteiger partial charge on any atom is 0.241 e. The summed E-state index contributed by atoms with van der Waals surface area (Å²) in [7, 11) is 0. The van der Waals surface area contributed by atoms with Gasteiger partial charge in [0.2, 0.25) is 5.91 Å². The van der Waals surface area contributed by atoms with Gasteiger partial charge < -0.3 is 11.1 Å². The summed E-state index contributed by atoms with van der Waals surface area (Å²) >= 11 is 0. The summed E-state index contributed by atoms with van der Waals surface area (Å²) in [5.74, 6) is -0.225. The number of anilines is 1. The van der Waals surface area contributed by atoms with Gasteiger partial charge in [-0.3, -0.25) is 9.59 Å². The van der Waals surface area contributed by atoms with Crippen LogP contribution in [0.4, 0.5) is 5.69 Å². The van der Waals surface area contributed by atoms with E-state index in [4.69, 9.17) is 5.73 Å². The minimum atomic E-state index is -0.579. The fraction of sp³-hybridized carbons (Fsp3) is 0.429. The molecule has 0 aliphatic heterocycles. The maximum absolute atomic E-state index is 11.9. The quantitative estimate of drug-likeness (QED) is 0.805. The van der Waals surface area contributed by atoms with E-state index < -0.39 is 6.04 Å². The van der Waals surface area contributed by atoms with Crippen LogP contribution in [0.1, 0.15) is 38.1 Å². The highest BCUT2D eigenvalue weighted by molar-refractivity contribution is 5.97. The Balaban J connectivity index is 2.74. The highest BCUT2D eigenvalue weighted by atomic mass is 16.2. The first-order chi connectivity index (χ1) is 8.21. The Bertz CT molecular complexity index is 444. The summed E-state index contributed by atoms with van der Waals surface area (Å²) in [5, 5.41) is 2.74. The van der Waals surface area contributed by atoms with Crippen molar-refractivity contribution in [3.05, 3.63) is 29.8 Å². The number of carbonyl (C=O) groups is 2. The Morgan fingerprint density at radius 3 is 2.06 bits per heavy atom. The van der Waals surface area contributed by atoms with Crippen molar-refractivity contribution in [2.24, 2.45) is 11.1 Å². The van der Waals surface area contributed by atoms with Crippen LogP contribution in [-0.2, 0) is 4.79 Å². The van der Waals surface area contributed by atoms with Crippen LogP contribution in [0.5, 0.6) is 0 Å². The van der Waals surface area contributed by atoms with E-state index in [1.54, 1.807) is 24.3 Å². The lowest BCUT2D eigenvalue weighted by atomic mass is 9.87. The molecule has 4 heteroatoms. The predicted molar refractivity (Wildman–Crippen MR) is 72.5 cm³/mol. The number of nitrogens with two attached hydrogens (primary N) is 1. The van der Waals surface area contributed by atoms with Crippen LogP contribution in [0.15, 0.2) is 24.3 Å². The number of carbonyl (C=O) groups excluding carboxylic acids is 2. The lowest BCUT2D eigenvalue weighted by Gasteiger charge is -2.25. The molecule has 1 atom stereocenters. The van der Waals surface area contributed by atoms with Crippen LogP contribution in [0.25, 0.3) is 0 Å². The Morgan fingerprint density at radius 1 is 1.17 bits per heavy atom. The molecule has 0 saturated heterocycles. The van der Waals surface area contributed by atoms with Gasteiger partial charge in [0.1, 0.15) is 0 Å². The molecule has 0 unspecified atom stereocenters. The van der Waals surface area contributed by atoms with Gasteiger partial charge in [-0.05, 0) is 36.6 Å². The summed E-state index contributed by atoms with van der Waals surface area (Å²) < 4.78 is 0. The molecule has 4 nitrogen and oxygen atoms in total. The number of benzene rings is 1. The second-order valence-electron chi connectivity index (χ2n) is 5.47. The zero-order chi connectivity index (χ0) is 13.9. The van der Waals surface area contributed by atoms with Crippen molar-refractivity contribution in [1.29, 1.82) is 0 Å². The average molecular weight is 248 g/mol. The average Bonchev–Trinajstić information content (AvgIpc) is 2.27. The Kier molecular flexibility index (Phi) is 4.24. The number of amides is 1. The highest BCUT2D eigenvalue weighted by Gasteiger charge is 2.27. The topological polar surface area (TPSA) is 72.2 Å². The summed E-state index contributed by atoms with van der Waals surface area (Å²) in [6.07, 6.45) is 0. The van der Waals surface area contributed by atoms with Crippen molar-refractivity contribution in [2.45, 2.75) is 33.7 Å². The monoisotopic (exact) mass is 248 g/mol. The first-order valence-electron chi connectivity index (χ1n) is 5.89. The molecule has 1 aromatic rings. The van der Waals surface area contributed by atoms with Gasteiger partial charge in [-0.2, -0.15) is 0 Å². The fourth-order valence-corrected chi connectivity index (χ4v) is 1.40. The van der Waals surface area contributed by atoms with Crippen LogP contribution in [0, 0.1) is 5.41 Å². The molecule has 1 aromatic carbocycles. The SMILES string of the molecule is CC(=O)c1ccc(NC(=O)[C@H](N)C(C)(C)C)cc1. The van der Waals surface area contributed by atoms with E-state index in [1.807, 2.05) is 20.8 Å². The van der Waals surface area contributed by atoms with Gasteiger partial charge in [0, 0.05) is 11.3 Å². The summed E-state index contributed by atoms with van der Waals surface area (Å²) in [6, 6.07) is 6.18. The van der Waals surface area contributed by atoms with Crippen LogP contribution in [-0.4, -0.2) is 17.7 Å². The molecule has 0 aliphatic rings. The Hall–Kier alpha value is -1.68. The van der Waals surface area contributed by atoms with E-state index in [9.17, 15) is 9.59 Å². The van der Waals surface area contributed by atoms with Crippen LogP contribution >= 0.6 is 0 Å². The van der Waals surface area contributed by atoms with Crippen LogP contribution in [0.2, 0.25) is 0 Å². The largest absolute Gasteiger partial charge is 0.325 e. The molecule has 3 N–H and O–H groups in total. The second-order valence-corrected chi connectivity index (χ2v) is 5.47. The van der Waals surface area contributed by atoms with Crippen molar-refractivity contribution in [3.63, 3.8) is 0 Å². The molecule has 0 radical (unpaired) electrons. The zero-order valence-corrected chi connectivity index (χ0v) is 11.3. The Morgan fingerprint density at radius 2 is 1.67 bits per heavy atom. The van der Waals surface area contributed by atoms with Crippen molar-refractivity contribution in [2.75, 3.05) is 5.32 Å². The molecule has 0 spiro atoms. The van der Waals surface area contributed by atoms with Gasteiger partial charge in [-0.15, -0.1) is 0 Å². The number of hydrogen-bond donors (Lipinski definition) is 2. The predicted octanol–water partition coefficient (Wildman–Crippen LogP) is 2.20. The number of Topliss-reactive ketones (excluding diaryl/α,β-unsaturated/α-hetero) is 1. The molecule has 1 rings (SSSR count). The summed E-state index contributed by atoms with van der Waals surface area (Å²) in [6.45, 7) is 7.24. The smallest absolute Gasteiger partial charge is 0.241 e. The maximum atomic E-state index is 11.9. The molecular weight excluding hydrogens is 228 g/mol. The van der Waals surface area contributed by atoms with Gasteiger partial charge in [0.25, 0.3) is 0 Å². The normalized spacial score (nSPS) is 12.9. The van der Waals surface area contributed by atoms with Gasteiger partial charge in [0.05, 0.1) is 6.04 Å². The molecule has 0 fully saturated rings. The van der Waals surface area contributed by atoms with Crippen molar-refractivity contribution < 1.29 is 9.59 Å². The molecule has 98 valence electrons. The van der Waals surface area contributed by atoms with E-state index in [2.05, 4.69) is 5.32 Å². The molecule has 0 aromatic heterocycles. The molecule has 0 aliphatic carbocycles. The van der Waals surface area contributed by atoms with Crippen molar-refractivity contribution in [3.8, 4) is 0 Å². The number of rotatable bonds is 3. The highest BCUT2D eigenvalue weighted by Crippen LogP contribution is 2.19. The first kappa shape index (κ1) is 14.4. The lowest BCUT2D eigenvalue weighted by Crippen LogP contribution is -2.45. The van der Waals surface area contributed by atoms with Crippen molar-refractivity contribution >= 4 is 17.4 Å². The minimum absolute atomic E-state index is 0.000676. The van der Waals surface area contributed by atoms with Crippen molar-refractivity contribution in [1.82, 2.24) is 0 Å². The third-order valence-corrected chi connectivity index (χ3v) is 2.77. The first-order valence-corrected chi connectivity index (χ1v) is 5.89. The third-order valence-electron chi connectivity index (χ3n) is 2.77. The Labute approximate surface area is 108 Å². The number of ketones is 1. The van der Waals surface area contributed by atoms with E-state index in [0.717, 1.165) is 0 Å². The van der Waals surface area contributed by atoms with Gasteiger partial charge in [-0.25, -0.2) is 0 Å². The molecule has 1 amide bonds. The minimum Gasteiger partial charge on any atom is -0.325 e. The third kappa shape index (κ3) is 3.67. The van der Waals surface area contributed by atoms with Crippen LogP contribution in [0.3, 0.4) is 0 Å². The van der Waals surface area contributed by atoms with Gasteiger partial charge in [-0.1, -0.05) is 20.8 Å². The summed E-state index contributed by atoms with van der Waals surface area (Å²) in [5.41, 5.74) is 6.83. The number of nitrogens with one attached hydrogen (secondary N) is 1. The molecule has 18 heavy (non-hydrogen) atoms. The molecule has 0 saturated carbocycles. The molecular formula is C14H20N2O2. The second kappa shape index (κ2) is 5.31.